The van der Waals surface area contributed by atoms with Crippen molar-refractivity contribution in [3.63, 3.8) is 0 Å². The first-order chi connectivity index (χ1) is 10.3. The first-order valence-electron chi connectivity index (χ1n) is 6.90. The molecule has 0 aliphatic heterocycles. The standard InChI is InChI=1S/C12H15NO2.C6H6.ClH/c13-10-12(14)15-9-5-4-8-11-6-2-1-3-7-11;1-2-4-6-5-3-1;/h1-4,6-8H,5,9-10,13H2;1-6H;1H. The van der Waals surface area contributed by atoms with Gasteiger partial charge in [-0.25, -0.2) is 0 Å². The third-order valence-electron chi connectivity index (χ3n) is 2.49. The highest BCUT2D eigenvalue weighted by atomic mass is 35.5. The normalized spacial score (nSPS) is 9.32. The number of hydrogen-bond acceptors (Lipinski definition) is 3. The summed E-state index contributed by atoms with van der Waals surface area (Å²) >= 11 is 0. The van der Waals surface area contributed by atoms with Crippen LogP contribution in [0.4, 0.5) is 0 Å². The largest absolute Gasteiger partial charge is 0.464 e. The molecule has 22 heavy (non-hydrogen) atoms. The second kappa shape index (κ2) is 13.9. The van der Waals surface area contributed by atoms with Crippen molar-refractivity contribution in [1.29, 1.82) is 0 Å². The molecule has 3 nitrogen and oxygen atoms in total. The minimum Gasteiger partial charge on any atom is -0.464 e. The highest BCUT2D eigenvalue weighted by molar-refractivity contribution is 5.85. The number of nitrogens with two attached hydrogens (primary N) is 1. The van der Waals surface area contributed by atoms with E-state index in [0.29, 0.717) is 13.0 Å². The molecule has 0 aliphatic carbocycles. The molecule has 2 rings (SSSR count). The fraction of sp³-hybridized carbons (Fsp3) is 0.167. The summed E-state index contributed by atoms with van der Waals surface area (Å²) in [5.74, 6) is -0.358. The van der Waals surface area contributed by atoms with Gasteiger partial charge in [-0.2, -0.15) is 0 Å². The molecule has 118 valence electrons. The fourth-order valence-electron chi connectivity index (χ4n) is 1.47. The van der Waals surface area contributed by atoms with Crippen LogP contribution >= 0.6 is 12.4 Å². The second-order valence-electron chi connectivity index (χ2n) is 4.18. The average molecular weight is 320 g/mol. The number of halogens is 1. The van der Waals surface area contributed by atoms with E-state index in [-0.39, 0.29) is 24.9 Å². The van der Waals surface area contributed by atoms with Crippen molar-refractivity contribution in [1.82, 2.24) is 0 Å². The van der Waals surface area contributed by atoms with Crippen molar-refractivity contribution in [2.45, 2.75) is 6.42 Å². The van der Waals surface area contributed by atoms with Crippen LogP contribution in [0, 0.1) is 0 Å². The number of carbonyl (C=O) groups excluding carboxylic acids is 1. The maximum absolute atomic E-state index is 10.7. The summed E-state index contributed by atoms with van der Waals surface area (Å²) in [6.45, 7) is 0.335. The van der Waals surface area contributed by atoms with Crippen molar-refractivity contribution < 1.29 is 9.53 Å². The molecule has 4 heteroatoms. The Morgan fingerprint density at radius 3 is 1.95 bits per heavy atom. The summed E-state index contributed by atoms with van der Waals surface area (Å²) in [6.07, 6.45) is 4.68. The third-order valence-corrected chi connectivity index (χ3v) is 2.49. The van der Waals surface area contributed by atoms with Gasteiger partial charge in [-0.05, 0) is 12.0 Å². The van der Waals surface area contributed by atoms with E-state index in [9.17, 15) is 4.79 Å². The highest BCUT2D eigenvalue weighted by Crippen LogP contribution is 2.01. The van der Waals surface area contributed by atoms with Crippen LogP contribution in [0.15, 0.2) is 72.8 Å². The lowest BCUT2D eigenvalue weighted by Crippen LogP contribution is -2.16. The molecule has 0 bridgehead atoms. The molecule has 0 saturated heterocycles. The Morgan fingerprint density at radius 1 is 0.955 bits per heavy atom. The molecule has 0 heterocycles. The van der Waals surface area contributed by atoms with Crippen LogP contribution in [0.2, 0.25) is 0 Å². The summed E-state index contributed by atoms with van der Waals surface area (Å²) in [7, 11) is 0. The molecule has 2 aromatic rings. The Labute approximate surface area is 138 Å². The lowest BCUT2D eigenvalue weighted by Gasteiger charge is -1.99. The zero-order chi connectivity index (χ0) is 15.2. The van der Waals surface area contributed by atoms with Crippen LogP contribution in [0.5, 0.6) is 0 Å². The van der Waals surface area contributed by atoms with Crippen molar-refractivity contribution in [2.75, 3.05) is 13.2 Å². The Morgan fingerprint density at radius 2 is 1.45 bits per heavy atom. The van der Waals surface area contributed by atoms with E-state index in [0.717, 1.165) is 5.56 Å². The molecule has 2 aromatic carbocycles. The maximum Gasteiger partial charge on any atom is 0.319 e. The molecular formula is C18H22ClNO2. The molecular weight excluding hydrogens is 298 g/mol. The molecule has 0 fully saturated rings. The van der Waals surface area contributed by atoms with Gasteiger partial charge < -0.3 is 10.5 Å². The Bertz CT molecular complexity index is 488. The van der Waals surface area contributed by atoms with Gasteiger partial charge >= 0.3 is 5.97 Å². The van der Waals surface area contributed by atoms with Gasteiger partial charge in [-0.15, -0.1) is 12.4 Å². The molecule has 0 unspecified atom stereocenters. The molecule has 0 aromatic heterocycles. The third kappa shape index (κ3) is 10.7. The minimum absolute atomic E-state index is 0. The van der Waals surface area contributed by atoms with E-state index < -0.39 is 0 Å². The molecule has 2 N–H and O–H groups in total. The molecule has 0 spiro atoms. The molecule has 0 amide bonds. The smallest absolute Gasteiger partial charge is 0.319 e. The first-order valence-corrected chi connectivity index (χ1v) is 6.90. The number of ether oxygens (including phenoxy) is 1. The van der Waals surface area contributed by atoms with E-state index in [1.165, 1.54) is 0 Å². The minimum atomic E-state index is -0.358. The number of carbonyl (C=O) groups is 1. The average Bonchev–Trinajstić information content (AvgIpc) is 2.57. The van der Waals surface area contributed by atoms with E-state index in [1.807, 2.05) is 78.9 Å². The molecule has 0 aliphatic rings. The van der Waals surface area contributed by atoms with E-state index in [1.54, 1.807) is 0 Å². The number of esters is 1. The van der Waals surface area contributed by atoms with Gasteiger partial charge in [0, 0.05) is 0 Å². The van der Waals surface area contributed by atoms with Gasteiger partial charge in [0.1, 0.15) is 0 Å². The summed E-state index contributed by atoms with van der Waals surface area (Å²) in [5, 5.41) is 0. The van der Waals surface area contributed by atoms with Gasteiger partial charge in [0.2, 0.25) is 0 Å². The van der Waals surface area contributed by atoms with E-state index in [2.05, 4.69) is 0 Å². The number of hydrogen-bond donors (Lipinski definition) is 1. The lowest BCUT2D eigenvalue weighted by molar-refractivity contribution is -0.141. The van der Waals surface area contributed by atoms with Gasteiger partial charge in [0.15, 0.2) is 0 Å². The number of benzene rings is 2. The van der Waals surface area contributed by atoms with Crippen LogP contribution in [0.3, 0.4) is 0 Å². The Balaban J connectivity index is 0.000000529. The van der Waals surface area contributed by atoms with Crippen molar-refractivity contribution >= 4 is 24.5 Å². The monoisotopic (exact) mass is 319 g/mol. The summed E-state index contributed by atoms with van der Waals surface area (Å²) in [6, 6.07) is 22.0. The molecule has 0 atom stereocenters. The van der Waals surface area contributed by atoms with Crippen LogP contribution in [0.1, 0.15) is 12.0 Å². The lowest BCUT2D eigenvalue weighted by atomic mass is 10.2. The van der Waals surface area contributed by atoms with Crippen LogP contribution in [0.25, 0.3) is 6.08 Å². The van der Waals surface area contributed by atoms with Crippen LogP contribution < -0.4 is 5.73 Å². The topological polar surface area (TPSA) is 52.3 Å². The highest BCUT2D eigenvalue weighted by Gasteiger charge is 1.95. The first kappa shape index (κ1) is 19.9. The maximum atomic E-state index is 10.7. The Hall–Kier alpha value is -2.10. The van der Waals surface area contributed by atoms with Gasteiger partial charge in [-0.3, -0.25) is 4.79 Å². The Kier molecular flexibility index (Phi) is 12.5. The summed E-state index contributed by atoms with van der Waals surface area (Å²) < 4.78 is 4.81. The van der Waals surface area contributed by atoms with Crippen molar-refractivity contribution in [2.24, 2.45) is 5.73 Å². The zero-order valence-corrected chi connectivity index (χ0v) is 13.2. The van der Waals surface area contributed by atoms with Gasteiger partial charge in [0.05, 0.1) is 13.2 Å². The summed E-state index contributed by atoms with van der Waals surface area (Å²) in [5.41, 5.74) is 6.23. The molecule has 0 radical (unpaired) electrons. The van der Waals surface area contributed by atoms with Gasteiger partial charge in [-0.1, -0.05) is 78.9 Å². The fourth-order valence-corrected chi connectivity index (χ4v) is 1.47. The predicted octanol–water partition coefficient (Wildman–Crippen LogP) is 3.70. The predicted molar refractivity (Wildman–Crippen MR) is 93.8 cm³/mol. The van der Waals surface area contributed by atoms with Crippen LogP contribution in [-0.2, 0) is 9.53 Å². The second-order valence-corrected chi connectivity index (χ2v) is 4.18. The SMILES string of the molecule is Cl.NCC(=O)OCCC=Cc1ccccc1.c1ccccc1. The molecule has 0 saturated carbocycles. The quantitative estimate of drug-likeness (QED) is 0.675. The zero-order valence-electron chi connectivity index (χ0n) is 12.4. The van der Waals surface area contributed by atoms with Crippen LogP contribution in [-0.4, -0.2) is 19.1 Å². The van der Waals surface area contributed by atoms with Gasteiger partial charge in [0.25, 0.3) is 0 Å². The summed E-state index contributed by atoms with van der Waals surface area (Å²) in [4.78, 5) is 10.7. The van der Waals surface area contributed by atoms with Crippen molar-refractivity contribution in [3.05, 3.63) is 78.4 Å². The van der Waals surface area contributed by atoms with Crippen molar-refractivity contribution in [3.8, 4) is 0 Å². The van der Waals surface area contributed by atoms with E-state index >= 15 is 0 Å². The van der Waals surface area contributed by atoms with E-state index in [4.69, 9.17) is 10.5 Å². The number of rotatable bonds is 5.